The molecule has 0 N–H and O–H groups in total. The second kappa shape index (κ2) is 6.56. The van der Waals surface area contributed by atoms with Crippen LogP contribution in [0.1, 0.15) is 55.5 Å². The predicted octanol–water partition coefficient (Wildman–Crippen LogP) is 5.31. The summed E-state index contributed by atoms with van der Waals surface area (Å²) in [5.74, 6) is 1.78. The first kappa shape index (κ1) is 19.8. The fourth-order valence-electron chi connectivity index (χ4n) is 4.33. The minimum atomic E-state index is -0.230. The van der Waals surface area contributed by atoms with Crippen LogP contribution >= 0.6 is 12.4 Å². The Bertz CT molecular complexity index is 914. The molecule has 27 heavy (non-hydrogen) atoms. The summed E-state index contributed by atoms with van der Waals surface area (Å²) in [6.07, 6.45) is 1.78. The number of hydrogen-bond acceptors (Lipinski definition) is 3. The second-order valence-corrected chi connectivity index (χ2v) is 8.67. The monoisotopic (exact) mass is 385 g/mol. The largest absolute Gasteiger partial charge is 0.493 e. The van der Waals surface area contributed by atoms with E-state index < -0.39 is 0 Å². The molecule has 0 aliphatic carbocycles. The molecule has 0 radical (unpaired) electrons. The Morgan fingerprint density at radius 1 is 1.00 bits per heavy atom. The number of methoxy groups -OCH3 is 1. The van der Waals surface area contributed by atoms with Crippen LogP contribution in [-0.4, -0.2) is 24.0 Å². The van der Waals surface area contributed by atoms with Crippen molar-refractivity contribution in [3.8, 4) is 11.5 Å². The molecular weight excluding hydrogens is 358 g/mol. The lowest BCUT2D eigenvalue weighted by Crippen LogP contribution is -2.31. The maximum absolute atomic E-state index is 6.32. The summed E-state index contributed by atoms with van der Waals surface area (Å²) < 4.78 is 12.1. The van der Waals surface area contributed by atoms with Crippen LogP contribution in [0, 0.1) is 6.92 Å². The number of ether oxygens (including phenoxy) is 2. The number of aliphatic imine (C=N–C) groups is 1. The molecule has 0 spiro atoms. The first-order chi connectivity index (χ1) is 12.2. The fourth-order valence-corrected chi connectivity index (χ4v) is 4.33. The third-order valence-corrected chi connectivity index (χ3v) is 5.37. The second-order valence-electron chi connectivity index (χ2n) is 8.67. The van der Waals surface area contributed by atoms with E-state index in [-0.39, 0.29) is 23.5 Å². The van der Waals surface area contributed by atoms with Crippen molar-refractivity contribution < 1.29 is 9.47 Å². The highest BCUT2D eigenvalue weighted by molar-refractivity contribution is 6.16. The molecule has 144 valence electrons. The number of nitrogens with zero attached hydrogens (tertiary/aromatic N) is 1. The van der Waals surface area contributed by atoms with Gasteiger partial charge in [-0.1, -0.05) is 30.3 Å². The van der Waals surface area contributed by atoms with Crippen molar-refractivity contribution in [3.05, 3.63) is 58.1 Å². The number of benzene rings is 2. The summed E-state index contributed by atoms with van der Waals surface area (Å²) in [4.78, 5) is 5.17. The van der Waals surface area contributed by atoms with Gasteiger partial charge in [-0.15, -0.1) is 12.4 Å². The molecule has 0 aromatic heterocycles. The standard InChI is InChI=1S/C23H27NO2.ClH/c1-14-16-12-22(2,3)24-19(15-10-8-7-9-11-15)18(16)17-13-23(4,5)26-21(17)20(14)25-6;/h7-11H,12-13H2,1-6H3;1H. The number of fused-ring (bicyclic) bond motifs is 3. The van der Waals surface area contributed by atoms with Gasteiger partial charge in [0.15, 0.2) is 11.5 Å². The molecule has 0 atom stereocenters. The zero-order valence-corrected chi connectivity index (χ0v) is 17.8. The fraction of sp³-hybridized carbons (Fsp3) is 0.435. The van der Waals surface area contributed by atoms with Crippen LogP contribution in [0.4, 0.5) is 0 Å². The molecule has 0 saturated heterocycles. The van der Waals surface area contributed by atoms with Gasteiger partial charge in [0.2, 0.25) is 0 Å². The van der Waals surface area contributed by atoms with E-state index in [0.717, 1.165) is 35.6 Å². The zero-order valence-electron chi connectivity index (χ0n) is 17.0. The van der Waals surface area contributed by atoms with Gasteiger partial charge in [0.25, 0.3) is 0 Å². The van der Waals surface area contributed by atoms with Crippen LogP contribution in [0.15, 0.2) is 35.3 Å². The molecule has 0 fully saturated rings. The first-order valence-corrected chi connectivity index (χ1v) is 9.29. The van der Waals surface area contributed by atoms with Crippen molar-refractivity contribution >= 4 is 18.1 Å². The third kappa shape index (κ3) is 3.23. The molecule has 4 rings (SSSR count). The maximum atomic E-state index is 6.32. The van der Waals surface area contributed by atoms with E-state index in [1.54, 1.807) is 7.11 Å². The van der Waals surface area contributed by atoms with E-state index in [4.69, 9.17) is 14.5 Å². The van der Waals surface area contributed by atoms with Gasteiger partial charge in [0.05, 0.1) is 18.4 Å². The molecule has 3 nitrogen and oxygen atoms in total. The van der Waals surface area contributed by atoms with Gasteiger partial charge in [0, 0.05) is 23.1 Å². The summed E-state index contributed by atoms with van der Waals surface area (Å²) in [5.41, 5.74) is 6.90. The van der Waals surface area contributed by atoms with Crippen LogP contribution < -0.4 is 9.47 Å². The summed E-state index contributed by atoms with van der Waals surface area (Å²) in [5, 5.41) is 0. The van der Waals surface area contributed by atoms with Gasteiger partial charge in [-0.3, -0.25) is 4.99 Å². The maximum Gasteiger partial charge on any atom is 0.166 e. The van der Waals surface area contributed by atoms with E-state index in [1.807, 2.05) is 0 Å². The molecule has 2 aromatic rings. The van der Waals surface area contributed by atoms with E-state index >= 15 is 0 Å². The van der Waals surface area contributed by atoms with Crippen LogP contribution in [-0.2, 0) is 12.8 Å². The molecule has 2 aliphatic rings. The Morgan fingerprint density at radius 2 is 1.67 bits per heavy atom. The molecule has 0 bridgehead atoms. The smallest absolute Gasteiger partial charge is 0.166 e. The van der Waals surface area contributed by atoms with Gasteiger partial charge in [-0.25, -0.2) is 0 Å². The van der Waals surface area contributed by atoms with E-state index in [2.05, 4.69) is 65.0 Å². The number of halogens is 1. The van der Waals surface area contributed by atoms with Crippen LogP contribution in [0.2, 0.25) is 0 Å². The molecule has 2 aromatic carbocycles. The Balaban J connectivity index is 0.00000210. The quantitative estimate of drug-likeness (QED) is 0.701. The summed E-state index contributed by atoms with van der Waals surface area (Å²) in [7, 11) is 1.74. The SMILES string of the molecule is COc1c(C)c2c(c3c1OC(C)(C)C3)C(c1ccccc1)=NC(C)(C)C2.Cl. The highest BCUT2D eigenvalue weighted by Gasteiger charge is 2.40. The normalized spacial score (nSPS) is 18.5. The highest BCUT2D eigenvalue weighted by atomic mass is 35.5. The van der Waals surface area contributed by atoms with Crippen molar-refractivity contribution in [1.29, 1.82) is 0 Å². The predicted molar refractivity (Wildman–Crippen MR) is 113 cm³/mol. The topological polar surface area (TPSA) is 30.8 Å². The van der Waals surface area contributed by atoms with Crippen molar-refractivity contribution in [2.24, 2.45) is 4.99 Å². The summed E-state index contributed by atoms with van der Waals surface area (Å²) >= 11 is 0. The van der Waals surface area contributed by atoms with Crippen LogP contribution in [0.25, 0.3) is 0 Å². The van der Waals surface area contributed by atoms with Gasteiger partial charge in [-0.05, 0) is 52.2 Å². The van der Waals surface area contributed by atoms with Gasteiger partial charge < -0.3 is 9.47 Å². The lowest BCUT2D eigenvalue weighted by atomic mass is 9.79. The molecule has 0 saturated carbocycles. The Kier molecular flexibility index (Phi) is 4.80. The lowest BCUT2D eigenvalue weighted by Gasteiger charge is -2.32. The van der Waals surface area contributed by atoms with E-state index in [9.17, 15) is 0 Å². The van der Waals surface area contributed by atoms with Crippen LogP contribution in [0.3, 0.4) is 0 Å². The molecule has 2 aliphatic heterocycles. The first-order valence-electron chi connectivity index (χ1n) is 9.29. The molecule has 2 heterocycles. The Hall–Kier alpha value is -2.00. The minimum Gasteiger partial charge on any atom is -0.493 e. The van der Waals surface area contributed by atoms with Crippen molar-refractivity contribution in [3.63, 3.8) is 0 Å². The van der Waals surface area contributed by atoms with Gasteiger partial charge in [0.1, 0.15) is 5.60 Å². The summed E-state index contributed by atoms with van der Waals surface area (Å²) in [6, 6.07) is 10.5. The van der Waals surface area contributed by atoms with Gasteiger partial charge >= 0.3 is 0 Å². The van der Waals surface area contributed by atoms with Gasteiger partial charge in [-0.2, -0.15) is 0 Å². The average molecular weight is 386 g/mol. The Labute approximate surface area is 168 Å². The van der Waals surface area contributed by atoms with Crippen molar-refractivity contribution in [2.75, 3.05) is 7.11 Å². The molecular formula is C23H28ClNO2. The Morgan fingerprint density at radius 3 is 2.30 bits per heavy atom. The highest BCUT2D eigenvalue weighted by Crippen LogP contribution is 2.50. The zero-order chi connectivity index (χ0) is 18.7. The minimum absolute atomic E-state index is 0. The van der Waals surface area contributed by atoms with E-state index in [0.29, 0.717) is 0 Å². The average Bonchev–Trinajstić information content (AvgIpc) is 2.90. The lowest BCUT2D eigenvalue weighted by molar-refractivity contribution is 0.134. The van der Waals surface area contributed by atoms with Crippen molar-refractivity contribution in [1.82, 2.24) is 0 Å². The number of hydrogen-bond donors (Lipinski definition) is 0. The van der Waals surface area contributed by atoms with Crippen LogP contribution in [0.5, 0.6) is 11.5 Å². The third-order valence-electron chi connectivity index (χ3n) is 5.37. The van der Waals surface area contributed by atoms with E-state index in [1.165, 1.54) is 22.3 Å². The molecule has 0 unspecified atom stereocenters. The van der Waals surface area contributed by atoms with Crippen molar-refractivity contribution in [2.45, 2.75) is 58.6 Å². The molecule has 4 heteroatoms. The number of rotatable bonds is 2. The molecule has 0 amide bonds. The summed E-state index contributed by atoms with van der Waals surface area (Å²) in [6.45, 7) is 10.8.